The van der Waals surface area contributed by atoms with Gasteiger partial charge < -0.3 is 16.2 Å². The molecule has 4 N–H and O–H groups in total. The van der Waals surface area contributed by atoms with Crippen molar-refractivity contribution in [1.29, 1.82) is 0 Å². The van der Waals surface area contributed by atoms with Gasteiger partial charge in [0.05, 0.1) is 0 Å². The number of phenols is 1. The smallest absolute Gasteiger partial charge is 0.236 e. The van der Waals surface area contributed by atoms with Crippen LogP contribution in [0.1, 0.15) is 24.1 Å². The Morgan fingerprint density at radius 3 is 3.00 bits per heavy atom. The lowest BCUT2D eigenvalue weighted by Crippen LogP contribution is -2.57. The van der Waals surface area contributed by atoms with Gasteiger partial charge in [0.2, 0.25) is 5.91 Å². The first kappa shape index (κ1) is 13.8. The van der Waals surface area contributed by atoms with E-state index < -0.39 is 0 Å². The molecule has 0 spiro atoms. The molecule has 5 heteroatoms. The van der Waals surface area contributed by atoms with Crippen LogP contribution in [0.3, 0.4) is 0 Å². The molecule has 19 heavy (non-hydrogen) atoms. The van der Waals surface area contributed by atoms with Gasteiger partial charge in [-0.25, -0.2) is 0 Å². The number of carbonyl (C=O) groups is 1. The Kier molecular flexibility index (Phi) is 4.07. The molecule has 1 aliphatic heterocycles. The van der Waals surface area contributed by atoms with Crippen LogP contribution in [0.15, 0.2) is 18.2 Å². The van der Waals surface area contributed by atoms with Gasteiger partial charge >= 0.3 is 0 Å². The standard InChI is InChI=1S/C14H21N3O2/c1-9-3-4-13(18)11(7-9)10(2)17-6-5-16-8-12(17)14(15)19/h3-4,7,10,12,16,18H,5-6,8H2,1-2H3,(H2,15,19). The van der Waals surface area contributed by atoms with Crippen LogP contribution in [0, 0.1) is 6.92 Å². The highest BCUT2D eigenvalue weighted by atomic mass is 16.3. The van der Waals surface area contributed by atoms with Crippen LogP contribution in [0.5, 0.6) is 5.75 Å². The minimum absolute atomic E-state index is 0.0421. The number of nitrogens with zero attached hydrogens (tertiary/aromatic N) is 1. The normalized spacial score (nSPS) is 22.1. The second kappa shape index (κ2) is 5.59. The Labute approximate surface area is 113 Å². The molecule has 1 aromatic rings. The van der Waals surface area contributed by atoms with Crippen LogP contribution in [-0.2, 0) is 4.79 Å². The van der Waals surface area contributed by atoms with E-state index in [-0.39, 0.29) is 23.7 Å². The highest BCUT2D eigenvalue weighted by Gasteiger charge is 2.31. The molecule has 2 unspecified atom stereocenters. The highest BCUT2D eigenvalue weighted by molar-refractivity contribution is 5.80. The fourth-order valence-electron chi connectivity index (χ4n) is 2.63. The molecular weight excluding hydrogens is 242 g/mol. The summed E-state index contributed by atoms with van der Waals surface area (Å²) in [5.74, 6) is -0.0638. The summed E-state index contributed by atoms with van der Waals surface area (Å²) in [5.41, 5.74) is 7.39. The van der Waals surface area contributed by atoms with Gasteiger partial charge in [-0.05, 0) is 19.9 Å². The van der Waals surface area contributed by atoms with Gasteiger partial charge in [0.15, 0.2) is 0 Å². The molecule has 1 saturated heterocycles. The van der Waals surface area contributed by atoms with Crippen molar-refractivity contribution in [3.05, 3.63) is 29.3 Å². The lowest BCUT2D eigenvalue weighted by molar-refractivity contribution is -0.124. The van der Waals surface area contributed by atoms with E-state index in [4.69, 9.17) is 5.73 Å². The van der Waals surface area contributed by atoms with Gasteiger partial charge in [0.1, 0.15) is 11.8 Å². The fraction of sp³-hybridized carbons (Fsp3) is 0.500. The van der Waals surface area contributed by atoms with Gasteiger partial charge in [-0.15, -0.1) is 0 Å². The molecular formula is C14H21N3O2. The average Bonchev–Trinajstić information content (AvgIpc) is 2.40. The maximum Gasteiger partial charge on any atom is 0.236 e. The molecule has 0 aromatic heterocycles. The first-order valence-electron chi connectivity index (χ1n) is 6.56. The molecule has 1 aromatic carbocycles. The Morgan fingerprint density at radius 1 is 1.58 bits per heavy atom. The van der Waals surface area contributed by atoms with Crippen molar-refractivity contribution in [1.82, 2.24) is 10.2 Å². The van der Waals surface area contributed by atoms with Crippen molar-refractivity contribution in [3.63, 3.8) is 0 Å². The lowest BCUT2D eigenvalue weighted by Gasteiger charge is -2.38. The van der Waals surface area contributed by atoms with Crippen molar-refractivity contribution in [2.24, 2.45) is 5.73 Å². The molecule has 2 rings (SSSR count). The van der Waals surface area contributed by atoms with E-state index in [0.717, 1.165) is 24.2 Å². The maximum atomic E-state index is 11.5. The number of piperazine rings is 1. The van der Waals surface area contributed by atoms with Gasteiger partial charge in [0.25, 0.3) is 0 Å². The molecule has 2 atom stereocenters. The molecule has 0 aliphatic carbocycles. The molecule has 0 bridgehead atoms. The number of rotatable bonds is 3. The van der Waals surface area contributed by atoms with E-state index >= 15 is 0 Å². The largest absolute Gasteiger partial charge is 0.508 e. The maximum absolute atomic E-state index is 11.5. The van der Waals surface area contributed by atoms with E-state index in [1.54, 1.807) is 6.07 Å². The van der Waals surface area contributed by atoms with E-state index in [9.17, 15) is 9.90 Å². The molecule has 1 heterocycles. The second-order valence-corrected chi connectivity index (χ2v) is 5.10. The fourth-order valence-corrected chi connectivity index (χ4v) is 2.63. The number of aromatic hydroxyl groups is 1. The van der Waals surface area contributed by atoms with Crippen molar-refractivity contribution in [2.75, 3.05) is 19.6 Å². The minimum Gasteiger partial charge on any atom is -0.508 e. The van der Waals surface area contributed by atoms with Gasteiger partial charge in [0, 0.05) is 31.2 Å². The van der Waals surface area contributed by atoms with Gasteiger partial charge in [-0.1, -0.05) is 17.7 Å². The average molecular weight is 263 g/mol. The van der Waals surface area contributed by atoms with E-state index in [0.29, 0.717) is 6.54 Å². The predicted octanol–water partition coefficient (Wildman–Crippen LogP) is 0.521. The summed E-state index contributed by atoms with van der Waals surface area (Å²) in [6.07, 6.45) is 0. The summed E-state index contributed by atoms with van der Waals surface area (Å²) < 4.78 is 0. The van der Waals surface area contributed by atoms with Crippen molar-refractivity contribution in [2.45, 2.75) is 25.9 Å². The second-order valence-electron chi connectivity index (χ2n) is 5.10. The lowest BCUT2D eigenvalue weighted by atomic mass is 10.00. The Hall–Kier alpha value is -1.59. The number of hydrogen-bond acceptors (Lipinski definition) is 4. The SMILES string of the molecule is Cc1ccc(O)c(C(C)N2CCNCC2C(N)=O)c1. The Balaban J connectivity index is 2.28. The third kappa shape index (κ3) is 2.88. The molecule has 104 valence electrons. The van der Waals surface area contributed by atoms with Crippen LogP contribution in [0.25, 0.3) is 0 Å². The zero-order chi connectivity index (χ0) is 14.0. The zero-order valence-corrected chi connectivity index (χ0v) is 11.4. The zero-order valence-electron chi connectivity index (χ0n) is 11.4. The first-order chi connectivity index (χ1) is 9.00. The third-order valence-electron chi connectivity index (χ3n) is 3.74. The number of hydrogen-bond donors (Lipinski definition) is 3. The van der Waals surface area contributed by atoms with Crippen LogP contribution in [-0.4, -0.2) is 41.6 Å². The number of nitrogens with two attached hydrogens (primary N) is 1. The molecule has 1 aliphatic rings. The minimum atomic E-state index is -0.330. The summed E-state index contributed by atoms with van der Waals surface area (Å²) in [6.45, 7) is 6.10. The predicted molar refractivity (Wildman–Crippen MR) is 73.8 cm³/mol. The van der Waals surface area contributed by atoms with Crippen LogP contribution in [0.4, 0.5) is 0 Å². The van der Waals surface area contributed by atoms with Crippen LogP contribution < -0.4 is 11.1 Å². The van der Waals surface area contributed by atoms with E-state index in [1.165, 1.54) is 0 Å². The summed E-state index contributed by atoms with van der Waals surface area (Å²) in [6, 6.07) is 5.15. The molecule has 0 saturated carbocycles. The van der Waals surface area contributed by atoms with Crippen molar-refractivity contribution < 1.29 is 9.90 Å². The molecule has 1 fully saturated rings. The van der Waals surface area contributed by atoms with Gasteiger partial charge in [-0.2, -0.15) is 0 Å². The van der Waals surface area contributed by atoms with Crippen LogP contribution >= 0.6 is 0 Å². The molecule has 5 nitrogen and oxygen atoms in total. The number of carbonyl (C=O) groups excluding carboxylic acids is 1. The van der Waals surface area contributed by atoms with E-state index in [2.05, 4.69) is 5.32 Å². The number of nitrogens with one attached hydrogen (secondary N) is 1. The number of amides is 1. The number of aryl methyl sites for hydroxylation is 1. The van der Waals surface area contributed by atoms with Crippen molar-refractivity contribution in [3.8, 4) is 5.75 Å². The van der Waals surface area contributed by atoms with E-state index in [1.807, 2.05) is 30.9 Å². The highest BCUT2D eigenvalue weighted by Crippen LogP contribution is 2.30. The van der Waals surface area contributed by atoms with Crippen LogP contribution in [0.2, 0.25) is 0 Å². The third-order valence-corrected chi connectivity index (χ3v) is 3.74. The number of phenolic OH excluding ortho intramolecular Hbond substituents is 1. The summed E-state index contributed by atoms with van der Waals surface area (Å²) in [5, 5.41) is 13.2. The van der Waals surface area contributed by atoms with Gasteiger partial charge in [-0.3, -0.25) is 9.69 Å². The quantitative estimate of drug-likeness (QED) is 0.743. The van der Waals surface area contributed by atoms with Crippen molar-refractivity contribution >= 4 is 5.91 Å². The summed E-state index contributed by atoms with van der Waals surface area (Å²) in [7, 11) is 0. The Bertz CT molecular complexity index is 476. The molecule has 0 radical (unpaired) electrons. The number of benzene rings is 1. The Morgan fingerprint density at radius 2 is 2.32 bits per heavy atom. The first-order valence-corrected chi connectivity index (χ1v) is 6.56. The monoisotopic (exact) mass is 263 g/mol. The number of primary amides is 1. The topological polar surface area (TPSA) is 78.6 Å². The summed E-state index contributed by atoms with van der Waals surface area (Å²) in [4.78, 5) is 13.6. The summed E-state index contributed by atoms with van der Waals surface area (Å²) >= 11 is 0. The molecule has 1 amide bonds.